The summed E-state index contributed by atoms with van der Waals surface area (Å²) in [4.78, 5) is 24.5. The number of ether oxygens (including phenoxy) is 2. The summed E-state index contributed by atoms with van der Waals surface area (Å²) in [5.41, 5.74) is 4.06. The molecule has 1 fully saturated rings. The van der Waals surface area contributed by atoms with E-state index in [1.807, 2.05) is 48.7 Å². The highest BCUT2D eigenvalue weighted by atomic mass is 16.5. The molecule has 2 N–H and O–H groups in total. The number of carbonyl (C=O) groups excluding carboxylic acids is 1. The van der Waals surface area contributed by atoms with Gasteiger partial charge >= 0.3 is 0 Å². The number of nitrogens with one attached hydrogen (secondary N) is 1. The molecule has 8 nitrogen and oxygen atoms in total. The number of hydrogen-bond donors (Lipinski definition) is 2. The number of amides is 1. The van der Waals surface area contributed by atoms with Crippen LogP contribution in [0.25, 0.3) is 10.9 Å². The molecular weight excluding hydrogens is 492 g/mol. The fourth-order valence-electron chi connectivity index (χ4n) is 5.05. The molecule has 0 saturated carbocycles. The van der Waals surface area contributed by atoms with Crippen LogP contribution in [-0.2, 0) is 22.5 Å². The lowest BCUT2D eigenvalue weighted by molar-refractivity contribution is -0.142. The van der Waals surface area contributed by atoms with E-state index < -0.39 is 12.2 Å². The maximum absolute atomic E-state index is 12.9. The van der Waals surface area contributed by atoms with Crippen LogP contribution < -0.4 is 4.74 Å². The Bertz CT molecular complexity index is 1340. The molecule has 39 heavy (non-hydrogen) atoms. The van der Waals surface area contributed by atoms with Crippen LogP contribution in [0.5, 0.6) is 5.75 Å². The first-order chi connectivity index (χ1) is 19.1. The topological polar surface area (TPSA) is 90.9 Å². The minimum atomic E-state index is -0.629. The van der Waals surface area contributed by atoms with Crippen molar-refractivity contribution in [1.82, 2.24) is 19.8 Å². The standard InChI is InChI=1S/C31H36N4O4/c1-23(31(37)35-15-17-38-18-16-35)39-29-11-5-10-27-25(20-33-30(27)29)12-14-34(21-24-7-3-2-4-8-24)22-28(36)26-9-6-13-32-19-26/h2-11,13,19-20,23,28,33,36H,12,14-18,21-22H2,1H3/t23-,28-/m0/s1. The number of H-pyrrole nitrogens is 1. The molecule has 204 valence electrons. The molecule has 8 heteroatoms. The third-order valence-electron chi connectivity index (χ3n) is 7.18. The summed E-state index contributed by atoms with van der Waals surface area (Å²) in [6, 6.07) is 20.0. The van der Waals surface area contributed by atoms with Crippen molar-refractivity contribution in [2.45, 2.75) is 32.1 Å². The van der Waals surface area contributed by atoms with Crippen LogP contribution in [0.1, 0.15) is 29.7 Å². The van der Waals surface area contributed by atoms with Gasteiger partial charge in [-0.25, -0.2) is 0 Å². The van der Waals surface area contributed by atoms with E-state index in [9.17, 15) is 9.90 Å². The Balaban J connectivity index is 1.28. The molecule has 5 rings (SSSR count). The molecule has 2 atom stereocenters. The number of nitrogens with zero attached hydrogens (tertiary/aromatic N) is 3. The molecule has 4 aromatic rings. The number of benzene rings is 2. The van der Waals surface area contributed by atoms with Crippen molar-refractivity contribution in [2.24, 2.45) is 0 Å². The Morgan fingerprint density at radius 1 is 1.13 bits per heavy atom. The van der Waals surface area contributed by atoms with Crippen molar-refractivity contribution in [3.8, 4) is 5.75 Å². The second kappa shape index (κ2) is 12.9. The van der Waals surface area contributed by atoms with Crippen LogP contribution in [0, 0.1) is 0 Å². The number of pyridine rings is 1. The highest BCUT2D eigenvalue weighted by Crippen LogP contribution is 2.29. The molecule has 0 radical (unpaired) electrons. The van der Waals surface area contributed by atoms with Gasteiger partial charge in [0.1, 0.15) is 5.75 Å². The van der Waals surface area contributed by atoms with Crippen molar-refractivity contribution in [3.05, 3.63) is 95.9 Å². The average Bonchev–Trinajstić information content (AvgIpc) is 3.41. The molecule has 0 spiro atoms. The summed E-state index contributed by atoms with van der Waals surface area (Å²) in [7, 11) is 0. The molecule has 3 heterocycles. The molecule has 1 aliphatic heterocycles. The zero-order valence-electron chi connectivity index (χ0n) is 22.3. The summed E-state index contributed by atoms with van der Waals surface area (Å²) in [5, 5.41) is 12.0. The fraction of sp³-hybridized carbons (Fsp3) is 0.355. The summed E-state index contributed by atoms with van der Waals surface area (Å²) in [5.74, 6) is 0.645. The van der Waals surface area contributed by atoms with Gasteiger partial charge in [0.05, 0.1) is 24.8 Å². The third kappa shape index (κ3) is 6.84. The van der Waals surface area contributed by atoms with Gasteiger partial charge in [0.15, 0.2) is 6.10 Å². The molecule has 1 saturated heterocycles. The molecule has 2 aromatic heterocycles. The molecule has 1 aliphatic rings. The number of morpholine rings is 1. The first-order valence-corrected chi connectivity index (χ1v) is 13.5. The summed E-state index contributed by atoms with van der Waals surface area (Å²) < 4.78 is 11.5. The highest BCUT2D eigenvalue weighted by Gasteiger charge is 2.24. The largest absolute Gasteiger partial charge is 0.479 e. The Morgan fingerprint density at radius 2 is 1.95 bits per heavy atom. The zero-order chi connectivity index (χ0) is 27.0. The molecule has 0 aliphatic carbocycles. The molecule has 0 unspecified atom stereocenters. The number of para-hydroxylation sites is 1. The van der Waals surface area contributed by atoms with Gasteiger partial charge in [0, 0.05) is 62.3 Å². The first kappa shape index (κ1) is 26.9. The van der Waals surface area contributed by atoms with Crippen molar-refractivity contribution in [1.29, 1.82) is 0 Å². The number of aromatic amines is 1. The van der Waals surface area contributed by atoms with E-state index in [4.69, 9.17) is 9.47 Å². The SMILES string of the molecule is C[C@H](Oc1cccc2c(CCN(Cc3ccccc3)C[C@H](O)c3cccnc3)c[nH]c12)C(=O)N1CCOCC1. The third-order valence-corrected chi connectivity index (χ3v) is 7.18. The lowest BCUT2D eigenvalue weighted by Crippen LogP contribution is -2.46. The van der Waals surface area contributed by atoms with E-state index >= 15 is 0 Å². The van der Waals surface area contributed by atoms with E-state index in [0.717, 1.165) is 41.5 Å². The Kier molecular flexibility index (Phi) is 8.88. The Labute approximate surface area is 229 Å². The van der Waals surface area contributed by atoms with Crippen molar-refractivity contribution in [2.75, 3.05) is 39.4 Å². The fourth-order valence-corrected chi connectivity index (χ4v) is 5.05. The minimum Gasteiger partial charge on any atom is -0.479 e. The molecule has 0 bridgehead atoms. The van der Waals surface area contributed by atoms with E-state index in [2.05, 4.69) is 33.1 Å². The number of fused-ring (bicyclic) bond motifs is 1. The highest BCUT2D eigenvalue weighted by molar-refractivity contribution is 5.89. The summed E-state index contributed by atoms with van der Waals surface area (Å²) in [6.07, 6.45) is 5.03. The molecule has 1 amide bonds. The monoisotopic (exact) mass is 528 g/mol. The number of rotatable bonds is 11. The number of aliphatic hydroxyl groups excluding tert-OH is 1. The number of aromatic nitrogens is 2. The van der Waals surface area contributed by atoms with Crippen LogP contribution in [0.4, 0.5) is 0 Å². The summed E-state index contributed by atoms with van der Waals surface area (Å²) >= 11 is 0. The van der Waals surface area contributed by atoms with Gasteiger partial charge in [0.2, 0.25) is 0 Å². The van der Waals surface area contributed by atoms with Crippen LogP contribution in [0.2, 0.25) is 0 Å². The van der Waals surface area contributed by atoms with E-state index in [1.165, 1.54) is 5.56 Å². The second-order valence-electron chi connectivity index (χ2n) is 9.96. The predicted octanol–water partition coefficient (Wildman–Crippen LogP) is 3.97. The van der Waals surface area contributed by atoms with Crippen molar-refractivity contribution < 1.29 is 19.4 Å². The normalized spacial score (nSPS) is 15.4. The van der Waals surface area contributed by atoms with Gasteiger partial charge in [-0.1, -0.05) is 48.5 Å². The van der Waals surface area contributed by atoms with E-state index in [-0.39, 0.29) is 5.91 Å². The van der Waals surface area contributed by atoms with Gasteiger partial charge in [-0.2, -0.15) is 0 Å². The van der Waals surface area contributed by atoms with Gasteiger partial charge in [-0.05, 0) is 36.6 Å². The van der Waals surface area contributed by atoms with Gasteiger partial charge in [-0.3, -0.25) is 14.7 Å². The maximum atomic E-state index is 12.9. The quantitative estimate of drug-likeness (QED) is 0.306. The number of aliphatic hydroxyl groups is 1. The van der Waals surface area contributed by atoms with Crippen LogP contribution in [0.15, 0.2) is 79.3 Å². The van der Waals surface area contributed by atoms with Crippen molar-refractivity contribution in [3.63, 3.8) is 0 Å². The maximum Gasteiger partial charge on any atom is 0.263 e. The molecule has 2 aromatic carbocycles. The molecular formula is C31H36N4O4. The Hall–Kier alpha value is -3.72. The zero-order valence-corrected chi connectivity index (χ0v) is 22.3. The smallest absolute Gasteiger partial charge is 0.263 e. The van der Waals surface area contributed by atoms with Gasteiger partial charge in [-0.15, -0.1) is 0 Å². The van der Waals surface area contributed by atoms with Crippen molar-refractivity contribution >= 4 is 16.8 Å². The summed E-state index contributed by atoms with van der Waals surface area (Å²) in [6.45, 7) is 6.11. The van der Waals surface area contributed by atoms with Gasteiger partial charge in [0.25, 0.3) is 5.91 Å². The minimum absolute atomic E-state index is 0.0224. The predicted molar refractivity (Wildman–Crippen MR) is 150 cm³/mol. The van der Waals surface area contributed by atoms with E-state index in [0.29, 0.717) is 38.6 Å². The lowest BCUT2D eigenvalue weighted by Gasteiger charge is -2.29. The number of hydrogen-bond acceptors (Lipinski definition) is 6. The Morgan fingerprint density at radius 3 is 2.72 bits per heavy atom. The van der Waals surface area contributed by atoms with Crippen LogP contribution in [0.3, 0.4) is 0 Å². The first-order valence-electron chi connectivity index (χ1n) is 13.5. The van der Waals surface area contributed by atoms with Gasteiger partial charge < -0.3 is 24.5 Å². The van der Waals surface area contributed by atoms with Crippen LogP contribution in [-0.4, -0.2) is 76.3 Å². The lowest BCUT2D eigenvalue weighted by atomic mass is 10.1. The van der Waals surface area contributed by atoms with Crippen LogP contribution >= 0.6 is 0 Å². The second-order valence-corrected chi connectivity index (χ2v) is 9.96. The average molecular weight is 529 g/mol. The number of carbonyl (C=O) groups is 1. The van der Waals surface area contributed by atoms with E-state index in [1.54, 1.807) is 24.2 Å².